The van der Waals surface area contributed by atoms with Gasteiger partial charge in [0, 0.05) is 24.5 Å². The van der Waals surface area contributed by atoms with Gasteiger partial charge in [-0.15, -0.1) is 0 Å². The monoisotopic (exact) mass is 318 g/mol. The highest BCUT2D eigenvalue weighted by Crippen LogP contribution is 2.30. The molecule has 18 heavy (non-hydrogen) atoms. The van der Waals surface area contributed by atoms with E-state index in [-0.39, 0.29) is 0 Å². The molecule has 0 aromatic rings. The van der Waals surface area contributed by atoms with E-state index in [1.54, 1.807) is 0 Å². The molecule has 1 aliphatic heterocycles. The molecule has 0 N–H and O–H groups in total. The average Bonchev–Trinajstić information content (AvgIpc) is 2.83. The first kappa shape index (κ1) is 16.5. The zero-order chi connectivity index (χ0) is 13.6. The first-order chi connectivity index (χ1) is 8.60. The van der Waals surface area contributed by atoms with Crippen LogP contribution < -0.4 is 0 Å². The molecule has 1 fully saturated rings. The molecule has 108 valence electrons. The lowest BCUT2D eigenvalue weighted by molar-refractivity contribution is 0.143. The number of halogens is 1. The fourth-order valence-electron chi connectivity index (χ4n) is 3.22. The highest BCUT2D eigenvalue weighted by molar-refractivity contribution is 9.09. The third kappa shape index (κ3) is 4.21. The molecule has 0 aliphatic carbocycles. The predicted molar refractivity (Wildman–Crippen MR) is 84.6 cm³/mol. The minimum Gasteiger partial charge on any atom is -0.304 e. The summed E-state index contributed by atoms with van der Waals surface area (Å²) in [6, 6.07) is 0.793. The van der Waals surface area contributed by atoms with Gasteiger partial charge in [0.25, 0.3) is 0 Å². The summed E-state index contributed by atoms with van der Waals surface area (Å²) in [6.07, 6.45) is 5.30. The van der Waals surface area contributed by atoms with Crippen molar-refractivity contribution < 1.29 is 0 Å². The van der Waals surface area contributed by atoms with Crippen LogP contribution in [0.25, 0.3) is 0 Å². The molecule has 0 bridgehead atoms. The van der Waals surface area contributed by atoms with Crippen molar-refractivity contribution in [3.63, 3.8) is 0 Å². The lowest BCUT2D eigenvalue weighted by atomic mass is 9.84. The fraction of sp³-hybridized carbons (Fsp3) is 1.00. The summed E-state index contributed by atoms with van der Waals surface area (Å²) in [5, 5.41) is 1.12. The Morgan fingerprint density at radius 3 is 2.44 bits per heavy atom. The quantitative estimate of drug-likeness (QED) is 0.631. The summed E-state index contributed by atoms with van der Waals surface area (Å²) in [7, 11) is 2.30. The van der Waals surface area contributed by atoms with Crippen molar-refractivity contribution in [1.82, 2.24) is 9.80 Å². The van der Waals surface area contributed by atoms with E-state index in [1.807, 2.05) is 0 Å². The molecule has 0 saturated carbocycles. The lowest BCUT2D eigenvalue weighted by Crippen LogP contribution is -2.43. The molecule has 0 aromatic carbocycles. The molecular weight excluding hydrogens is 288 g/mol. The normalized spacial score (nSPS) is 22.0. The maximum Gasteiger partial charge on any atom is 0.0223 e. The van der Waals surface area contributed by atoms with Crippen LogP contribution in [0.1, 0.15) is 46.5 Å². The second-order valence-corrected chi connectivity index (χ2v) is 6.52. The Bertz CT molecular complexity index is 220. The lowest BCUT2D eigenvalue weighted by Gasteiger charge is -2.36. The molecule has 1 atom stereocenters. The first-order valence-corrected chi connectivity index (χ1v) is 8.71. The SMILES string of the molecule is CCN1CCCC1CN(C)CC(CC)(CC)CBr. The Labute approximate surface area is 122 Å². The van der Waals surface area contributed by atoms with Gasteiger partial charge in [0.15, 0.2) is 0 Å². The number of nitrogens with zero attached hydrogens (tertiary/aromatic N) is 2. The van der Waals surface area contributed by atoms with Crippen LogP contribution in [-0.2, 0) is 0 Å². The van der Waals surface area contributed by atoms with Gasteiger partial charge in [-0.3, -0.25) is 4.90 Å². The number of hydrogen-bond acceptors (Lipinski definition) is 2. The largest absolute Gasteiger partial charge is 0.304 e. The molecular formula is C15H31BrN2. The fourth-order valence-corrected chi connectivity index (χ4v) is 4.19. The van der Waals surface area contributed by atoms with E-state index in [0.717, 1.165) is 11.4 Å². The van der Waals surface area contributed by atoms with E-state index in [9.17, 15) is 0 Å². The van der Waals surface area contributed by atoms with Crippen LogP contribution >= 0.6 is 15.9 Å². The Hall–Kier alpha value is 0.400. The predicted octanol–water partition coefficient (Wildman–Crippen LogP) is 3.60. The second-order valence-electron chi connectivity index (χ2n) is 5.96. The zero-order valence-electron chi connectivity index (χ0n) is 12.7. The number of hydrogen-bond donors (Lipinski definition) is 0. The number of likely N-dealkylation sites (tertiary alicyclic amines) is 1. The highest BCUT2D eigenvalue weighted by atomic mass is 79.9. The van der Waals surface area contributed by atoms with E-state index in [2.05, 4.69) is 53.5 Å². The second kappa shape index (κ2) is 7.86. The molecule has 1 unspecified atom stereocenters. The van der Waals surface area contributed by atoms with Crippen molar-refractivity contribution in [2.45, 2.75) is 52.5 Å². The molecule has 1 heterocycles. The van der Waals surface area contributed by atoms with Crippen molar-refractivity contribution in [2.75, 3.05) is 38.6 Å². The number of rotatable bonds is 8. The zero-order valence-corrected chi connectivity index (χ0v) is 14.3. The van der Waals surface area contributed by atoms with Gasteiger partial charge >= 0.3 is 0 Å². The molecule has 0 amide bonds. The van der Waals surface area contributed by atoms with Gasteiger partial charge in [-0.05, 0) is 51.2 Å². The van der Waals surface area contributed by atoms with Crippen LogP contribution in [0.5, 0.6) is 0 Å². The Kier molecular flexibility index (Phi) is 7.19. The van der Waals surface area contributed by atoms with Crippen LogP contribution in [-0.4, -0.2) is 54.4 Å². The van der Waals surface area contributed by atoms with Gasteiger partial charge in [0.1, 0.15) is 0 Å². The van der Waals surface area contributed by atoms with E-state index in [4.69, 9.17) is 0 Å². The molecule has 0 spiro atoms. The summed E-state index contributed by atoms with van der Waals surface area (Å²) in [6.45, 7) is 11.9. The van der Waals surface area contributed by atoms with Crippen molar-refractivity contribution in [2.24, 2.45) is 5.41 Å². The first-order valence-electron chi connectivity index (χ1n) is 7.59. The molecule has 2 nitrogen and oxygen atoms in total. The van der Waals surface area contributed by atoms with Gasteiger partial charge < -0.3 is 4.90 Å². The maximum absolute atomic E-state index is 3.72. The maximum atomic E-state index is 3.72. The smallest absolute Gasteiger partial charge is 0.0223 e. The standard InChI is InChI=1S/C15H31BrN2/c1-5-15(6-2,12-16)13-17(4)11-14-9-8-10-18(14)7-3/h14H,5-13H2,1-4H3. The van der Waals surface area contributed by atoms with Crippen molar-refractivity contribution in [3.05, 3.63) is 0 Å². The topological polar surface area (TPSA) is 6.48 Å². The molecule has 3 heteroatoms. The van der Waals surface area contributed by atoms with Crippen molar-refractivity contribution >= 4 is 15.9 Å². The van der Waals surface area contributed by atoms with Crippen LogP contribution in [0.4, 0.5) is 0 Å². The third-order valence-electron chi connectivity index (χ3n) is 4.82. The summed E-state index contributed by atoms with van der Waals surface area (Å²) in [4.78, 5) is 5.21. The molecule has 0 aromatic heterocycles. The summed E-state index contributed by atoms with van der Waals surface area (Å²) < 4.78 is 0. The van der Waals surface area contributed by atoms with Crippen molar-refractivity contribution in [3.8, 4) is 0 Å². The molecule has 0 radical (unpaired) electrons. The third-order valence-corrected chi connectivity index (χ3v) is 6.01. The number of alkyl halides is 1. The molecule has 1 saturated heterocycles. The summed E-state index contributed by atoms with van der Waals surface area (Å²) >= 11 is 3.72. The van der Waals surface area contributed by atoms with E-state index < -0.39 is 0 Å². The minimum atomic E-state index is 0.463. The summed E-state index contributed by atoms with van der Waals surface area (Å²) in [5.74, 6) is 0. The molecule has 1 rings (SSSR count). The minimum absolute atomic E-state index is 0.463. The van der Waals surface area contributed by atoms with Crippen LogP contribution in [0, 0.1) is 5.41 Å². The number of likely N-dealkylation sites (N-methyl/N-ethyl adjacent to an activating group) is 2. The van der Waals surface area contributed by atoms with Gasteiger partial charge in [0.05, 0.1) is 0 Å². The Morgan fingerprint density at radius 1 is 1.28 bits per heavy atom. The van der Waals surface area contributed by atoms with Gasteiger partial charge in [-0.25, -0.2) is 0 Å². The van der Waals surface area contributed by atoms with E-state index >= 15 is 0 Å². The Balaban J connectivity index is 2.47. The summed E-state index contributed by atoms with van der Waals surface area (Å²) in [5.41, 5.74) is 0.463. The van der Waals surface area contributed by atoms with Gasteiger partial charge in [0.2, 0.25) is 0 Å². The van der Waals surface area contributed by atoms with Gasteiger partial charge in [-0.2, -0.15) is 0 Å². The van der Waals surface area contributed by atoms with E-state index in [1.165, 1.54) is 51.9 Å². The van der Waals surface area contributed by atoms with Gasteiger partial charge in [-0.1, -0.05) is 36.7 Å². The van der Waals surface area contributed by atoms with Crippen LogP contribution in [0.2, 0.25) is 0 Å². The average molecular weight is 319 g/mol. The van der Waals surface area contributed by atoms with Crippen LogP contribution in [0.3, 0.4) is 0 Å². The Morgan fingerprint density at radius 2 is 1.94 bits per heavy atom. The van der Waals surface area contributed by atoms with E-state index in [0.29, 0.717) is 5.41 Å². The molecule has 1 aliphatic rings. The van der Waals surface area contributed by atoms with Crippen LogP contribution in [0.15, 0.2) is 0 Å². The van der Waals surface area contributed by atoms with Crippen molar-refractivity contribution in [1.29, 1.82) is 0 Å². The highest BCUT2D eigenvalue weighted by Gasteiger charge is 2.29.